The molecule has 0 unspecified atom stereocenters. The molecule has 0 atom stereocenters. The number of aromatic nitrogens is 2. The minimum atomic E-state index is 0.394. The van der Waals surface area contributed by atoms with Crippen LogP contribution in [-0.2, 0) is 6.54 Å². The number of fused-ring (bicyclic) bond motifs is 1. The van der Waals surface area contributed by atoms with Crippen LogP contribution in [0.1, 0.15) is 17.1 Å². The average Bonchev–Trinajstić information content (AvgIpc) is 2.16. The molecule has 0 aliphatic heterocycles. The molecule has 0 spiro atoms. The van der Waals surface area contributed by atoms with Crippen LogP contribution >= 0.6 is 0 Å². The van der Waals surface area contributed by atoms with Crippen molar-refractivity contribution >= 4 is 10.9 Å². The molecule has 1 aromatic carbocycles. The Labute approximate surface area is 83.0 Å². The first-order valence-corrected chi connectivity index (χ1v) is 4.64. The minimum absolute atomic E-state index is 0.394. The molecule has 3 heteroatoms. The zero-order valence-electron chi connectivity index (χ0n) is 8.41. The third kappa shape index (κ3) is 1.46. The second kappa shape index (κ2) is 3.35. The van der Waals surface area contributed by atoms with E-state index in [1.165, 1.54) is 5.56 Å². The van der Waals surface area contributed by atoms with Crippen molar-refractivity contribution in [3.05, 3.63) is 35.3 Å². The lowest BCUT2D eigenvalue weighted by Crippen LogP contribution is -2.04. The van der Waals surface area contributed by atoms with E-state index in [1.54, 1.807) is 0 Å². The van der Waals surface area contributed by atoms with Crippen molar-refractivity contribution in [1.82, 2.24) is 9.97 Å². The number of nitrogens with zero attached hydrogens (tertiary/aromatic N) is 2. The zero-order valence-corrected chi connectivity index (χ0v) is 8.41. The fraction of sp³-hybridized carbons (Fsp3) is 0.273. The van der Waals surface area contributed by atoms with Gasteiger partial charge in [0.1, 0.15) is 5.82 Å². The van der Waals surface area contributed by atoms with E-state index in [0.29, 0.717) is 12.4 Å². The van der Waals surface area contributed by atoms with Gasteiger partial charge in [-0.25, -0.2) is 9.97 Å². The summed E-state index contributed by atoms with van der Waals surface area (Å²) in [5.74, 6) is 0.709. The fourth-order valence-corrected chi connectivity index (χ4v) is 1.55. The number of aryl methyl sites for hydroxylation is 2. The first-order valence-electron chi connectivity index (χ1n) is 4.64. The van der Waals surface area contributed by atoms with Crippen LogP contribution in [0.15, 0.2) is 18.2 Å². The monoisotopic (exact) mass is 187 g/mol. The van der Waals surface area contributed by atoms with Crippen LogP contribution in [0.25, 0.3) is 10.9 Å². The molecular weight excluding hydrogens is 174 g/mol. The molecule has 0 bridgehead atoms. The maximum absolute atomic E-state index is 5.52. The number of hydrogen-bond acceptors (Lipinski definition) is 3. The highest BCUT2D eigenvalue weighted by Crippen LogP contribution is 2.16. The number of benzene rings is 1. The normalized spacial score (nSPS) is 10.8. The van der Waals surface area contributed by atoms with Crippen molar-refractivity contribution in [3.8, 4) is 0 Å². The second-order valence-corrected chi connectivity index (χ2v) is 3.45. The Morgan fingerprint density at radius 1 is 1.21 bits per heavy atom. The van der Waals surface area contributed by atoms with Crippen LogP contribution < -0.4 is 5.73 Å². The van der Waals surface area contributed by atoms with E-state index in [-0.39, 0.29) is 0 Å². The van der Waals surface area contributed by atoms with Crippen LogP contribution in [0.2, 0.25) is 0 Å². The van der Waals surface area contributed by atoms with Gasteiger partial charge < -0.3 is 5.73 Å². The molecule has 72 valence electrons. The van der Waals surface area contributed by atoms with Gasteiger partial charge in [0, 0.05) is 11.1 Å². The van der Waals surface area contributed by atoms with Gasteiger partial charge in [-0.2, -0.15) is 0 Å². The van der Waals surface area contributed by atoms with Gasteiger partial charge in [-0.1, -0.05) is 12.1 Å². The van der Waals surface area contributed by atoms with E-state index in [9.17, 15) is 0 Å². The highest BCUT2D eigenvalue weighted by Gasteiger charge is 2.02. The maximum atomic E-state index is 5.52. The topological polar surface area (TPSA) is 51.8 Å². The summed E-state index contributed by atoms with van der Waals surface area (Å²) in [5, 5.41) is 1.10. The van der Waals surface area contributed by atoms with E-state index in [4.69, 9.17) is 5.73 Å². The van der Waals surface area contributed by atoms with Crippen LogP contribution in [-0.4, -0.2) is 9.97 Å². The Morgan fingerprint density at radius 3 is 2.71 bits per heavy atom. The van der Waals surface area contributed by atoms with Gasteiger partial charge >= 0.3 is 0 Å². The molecule has 2 aromatic rings. The molecule has 3 nitrogen and oxygen atoms in total. The van der Waals surface area contributed by atoms with Crippen LogP contribution in [0.3, 0.4) is 0 Å². The number of hydrogen-bond donors (Lipinski definition) is 1. The number of nitrogens with two attached hydrogens (primary N) is 1. The summed E-state index contributed by atoms with van der Waals surface area (Å²) >= 11 is 0. The standard InChI is InChI=1S/C11H13N3/c1-7-3-4-9-8(2)13-11(6-12)14-10(9)5-7/h3-5H,6,12H2,1-2H3. The average molecular weight is 187 g/mol. The van der Waals surface area contributed by atoms with Gasteiger partial charge in [-0.05, 0) is 25.5 Å². The maximum Gasteiger partial charge on any atom is 0.142 e. The Balaban J connectivity index is 2.77. The van der Waals surface area contributed by atoms with Gasteiger partial charge in [-0.3, -0.25) is 0 Å². The Morgan fingerprint density at radius 2 is 2.00 bits per heavy atom. The molecule has 0 aliphatic rings. The molecule has 1 aromatic heterocycles. The van der Waals surface area contributed by atoms with Gasteiger partial charge in [-0.15, -0.1) is 0 Å². The smallest absolute Gasteiger partial charge is 0.142 e. The lowest BCUT2D eigenvalue weighted by molar-refractivity contribution is 0.911. The summed E-state index contributed by atoms with van der Waals surface area (Å²) < 4.78 is 0. The van der Waals surface area contributed by atoms with E-state index in [0.717, 1.165) is 16.6 Å². The molecular formula is C11H13N3. The second-order valence-electron chi connectivity index (χ2n) is 3.45. The third-order valence-corrected chi connectivity index (χ3v) is 2.27. The highest BCUT2D eigenvalue weighted by molar-refractivity contribution is 5.81. The van der Waals surface area contributed by atoms with Crippen molar-refractivity contribution < 1.29 is 0 Å². The quantitative estimate of drug-likeness (QED) is 0.739. The fourth-order valence-electron chi connectivity index (χ4n) is 1.55. The summed E-state index contributed by atoms with van der Waals surface area (Å²) in [6.45, 7) is 4.43. The SMILES string of the molecule is Cc1ccc2c(C)nc(CN)nc2c1. The van der Waals surface area contributed by atoms with Crippen LogP contribution in [0, 0.1) is 13.8 Å². The largest absolute Gasteiger partial charge is 0.324 e. The molecule has 1 heterocycles. The first kappa shape index (κ1) is 9.09. The Hall–Kier alpha value is -1.48. The molecule has 14 heavy (non-hydrogen) atoms. The molecule has 0 radical (unpaired) electrons. The van der Waals surface area contributed by atoms with Gasteiger partial charge in [0.15, 0.2) is 0 Å². The van der Waals surface area contributed by atoms with Crippen LogP contribution in [0.5, 0.6) is 0 Å². The summed E-state index contributed by atoms with van der Waals surface area (Å²) in [6, 6.07) is 6.18. The number of rotatable bonds is 1. The van der Waals surface area contributed by atoms with E-state index in [2.05, 4.69) is 35.1 Å². The Kier molecular flexibility index (Phi) is 2.17. The molecule has 0 fully saturated rings. The summed E-state index contributed by atoms with van der Waals surface area (Å²) in [5.41, 5.74) is 8.71. The zero-order chi connectivity index (χ0) is 10.1. The molecule has 0 amide bonds. The lowest BCUT2D eigenvalue weighted by Gasteiger charge is -2.04. The van der Waals surface area contributed by atoms with Crippen molar-refractivity contribution in [2.75, 3.05) is 0 Å². The molecule has 2 N–H and O–H groups in total. The van der Waals surface area contributed by atoms with Crippen molar-refractivity contribution in [2.24, 2.45) is 5.73 Å². The van der Waals surface area contributed by atoms with E-state index >= 15 is 0 Å². The van der Waals surface area contributed by atoms with Crippen LogP contribution in [0.4, 0.5) is 0 Å². The van der Waals surface area contributed by atoms with Crippen molar-refractivity contribution in [2.45, 2.75) is 20.4 Å². The van der Waals surface area contributed by atoms with E-state index in [1.807, 2.05) is 6.92 Å². The van der Waals surface area contributed by atoms with Gasteiger partial charge in [0.05, 0.1) is 12.1 Å². The minimum Gasteiger partial charge on any atom is -0.324 e. The molecule has 0 aliphatic carbocycles. The summed E-state index contributed by atoms with van der Waals surface area (Å²) in [6.07, 6.45) is 0. The van der Waals surface area contributed by atoms with E-state index < -0.39 is 0 Å². The summed E-state index contributed by atoms with van der Waals surface area (Å²) in [7, 11) is 0. The van der Waals surface area contributed by atoms with Gasteiger partial charge in [0.25, 0.3) is 0 Å². The first-order chi connectivity index (χ1) is 6.70. The van der Waals surface area contributed by atoms with Crippen molar-refractivity contribution in [1.29, 1.82) is 0 Å². The van der Waals surface area contributed by atoms with Crippen molar-refractivity contribution in [3.63, 3.8) is 0 Å². The molecule has 0 saturated carbocycles. The Bertz CT molecular complexity index is 477. The molecule has 0 saturated heterocycles. The predicted molar refractivity (Wildman–Crippen MR) is 56.9 cm³/mol. The molecule has 2 rings (SSSR count). The summed E-state index contributed by atoms with van der Waals surface area (Å²) in [4.78, 5) is 8.69. The lowest BCUT2D eigenvalue weighted by atomic mass is 10.1. The highest BCUT2D eigenvalue weighted by atomic mass is 14.9. The van der Waals surface area contributed by atoms with Gasteiger partial charge in [0.2, 0.25) is 0 Å². The third-order valence-electron chi connectivity index (χ3n) is 2.27. The predicted octanol–water partition coefficient (Wildman–Crippen LogP) is 1.71.